The Morgan fingerprint density at radius 3 is 0.909 bits per heavy atom. The van der Waals surface area contributed by atoms with Crippen molar-refractivity contribution in [3.05, 3.63) is 122 Å². The van der Waals surface area contributed by atoms with Crippen molar-refractivity contribution in [3.8, 4) is 0 Å². The number of hydrogen-bond acceptors (Lipinski definition) is 3. The topological polar surface area (TPSA) is 69.6 Å². The van der Waals surface area contributed by atoms with Gasteiger partial charge in [-0.2, -0.15) is 0 Å². The van der Waals surface area contributed by atoms with Crippen molar-refractivity contribution < 1.29 is 15.0 Å². The summed E-state index contributed by atoms with van der Waals surface area (Å²) in [5.74, 6) is -0.0739. The quantitative estimate of drug-likeness (QED) is 0.0420. The van der Waals surface area contributed by atoms with Crippen LogP contribution in [-0.2, 0) is 4.79 Å². The van der Waals surface area contributed by atoms with Crippen LogP contribution in [0.1, 0.15) is 316 Å². The molecular formula is C73H127NO3. The second-order valence-electron chi connectivity index (χ2n) is 22.1. The molecule has 0 rings (SSSR count). The van der Waals surface area contributed by atoms with Gasteiger partial charge in [0, 0.05) is 6.42 Å². The Kier molecular flexibility index (Phi) is 64.3. The van der Waals surface area contributed by atoms with Crippen LogP contribution in [0.15, 0.2) is 122 Å². The molecule has 0 spiro atoms. The van der Waals surface area contributed by atoms with Crippen LogP contribution < -0.4 is 5.32 Å². The molecule has 0 bridgehead atoms. The van der Waals surface area contributed by atoms with Gasteiger partial charge in [0.05, 0.1) is 18.8 Å². The minimum Gasteiger partial charge on any atom is -0.394 e. The zero-order chi connectivity index (χ0) is 55.5. The molecular weight excluding hydrogens is 939 g/mol. The summed E-state index contributed by atoms with van der Waals surface area (Å²) >= 11 is 0. The van der Waals surface area contributed by atoms with Crippen molar-refractivity contribution in [2.45, 2.75) is 328 Å². The SMILES string of the molecule is CC/C=C\C/C=C\C/C=C\C/C=C\C/C=C\C/C=C\C/C=C\C/C=C\CCCCCCCCCCCCCCCCCCC(=O)NC(CO)C(O)/C=C/CC/C=C/CCCCCCCCCCCCCCCCCCCC. The molecule has 0 aliphatic heterocycles. The van der Waals surface area contributed by atoms with E-state index in [1.807, 2.05) is 6.08 Å². The zero-order valence-corrected chi connectivity index (χ0v) is 50.9. The van der Waals surface area contributed by atoms with Crippen molar-refractivity contribution in [2.24, 2.45) is 0 Å². The second-order valence-corrected chi connectivity index (χ2v) is 22.1. The van der Waals surface area contributed by atoms with E-state index in [0.29, 0.717) is 6.42 Å². The number of amides is 1. The van der Waals surface area contributed by atoms with Crippen LogP contribution in [0.3, 0.4) is 0 Å². The first-order chi connectivity index (χ1) is 38.2. The summed E-state index contributed by atoms with van der Waals surface area (Å²) in [6.45, 7) is 4.20. The molecule has 0 saturated heterocycles. The molecule has 2 unspecified atom stereocenters. The van der Waals surface area contributed by atoms with Gasteiger partial charge >= 0.3 is 0 Å². The van der Waals surface area contributed by atoms with E-state index in [4.69, 9.17) is 0 Å². The van der Waals surface area contributed by atoms with Crippen molar-refractivity contribution in [3.63, 3.8) is 0 Å². The maximum absolute atomic E-state index is 12.5. The third kappa shape index (κ3) is 63.5. The Bertz CT molecular complexity index is 1490. The summed E-state index contributed by atoms with van der Waals surface area (Å²) in [6.07, 6.45) is 103. The lowest BCUT2D eigenvalue weighted by molar-refractivity contribution is -0.123. The maximum atomic E-state index is 12.5. The van der Waals surface area contributed by atoms with Crippen molar-refractivity contribution >= 4 is 5.91 Å². The van der Waals surface area contributed by atoms with Gasteiger partial charge in [0.1, 0.15) is 0 Å². The summed E-state index contributed by atoms with van der Waals surface area (Å²) in [6, 6.07) is -0.646. The number of carbonyl (C=O) groups excluding carboxylic acids is 1. The van der Waals surface area contributed by atoms with Gasteiger partial charge in [0.2, 0.25) is 5.91 Å². The zero-order valence-electron chi connectivity index (χ0n) is 50.9. The first-order valence-corrected chi connectivity index (χ1v) is 33.2. The minimum atomic E-state index is -0.869. The van der Waals surface area contributed by atoms with Gasteiger partial charge in [0.15, 0.2) is 0 Å². The minimum absolute atomic E-state index is 0.0739. The Labute approximate surface area is 479 Å². The van der Waals surface area contributed by atoms with Crippen molar-refractivity contribution in [1.29, 1.82) is 0 Å². The Balaban J connectivity index is 3.54. The second kappa shape index (κ2) is 67.1. The number of nitrogens with one attached hydrogen (secondary N) is 1. The molecule has 0 saturated carbocycles. The summed E-state index contributed by atoms with van der Waals surface area (Å²) in [7, 11) is 0. The van der Waals surface area contributed by atoms with E-state index < -0.39 is 12.1 Å². The summed E-state index contributed by atoms with van der Waals surface area (Å²) in [5.41, 5.74) is 0. The predicted octanol–water partition coefficient (Wildman–Crippen LogP) is 22.8. The number of unbranched alkanes of at least 4 members (excludes halogenated alkanes) is 35. The lowest BCUT2D eigenvalue weighted by atomic mass is 10.0. The number of carbonyl (C=O) groups is 1. The highest BCUT2D eigenvalue weighted by atomic mass is 16.3. The highest BCUT2D eigenvalue weighted by Crippen LogP contribution is 2.17. The van der Waals surface area contributed by atoms with Crippen molar-refractivity contribution in [1.82, 2.24) is 5.32 Å². The van der Waals surface area contributed by atoms with Gasteiger partial charge in [-0.25, -0.2) is 0 Å². The van der Waals surface area contributed by atoms with Gasteiger partial charge in [-0.3, -0.25) is 4.79 Å². The Hall–Kier alpha value is -3.21. The van der Waals surface area contributed by atoms with E-state index in [1.54, 1.807) is 6.08 Å². The molecule has 0 fully saturated rings. The summed E-state index contributed by atoms with van der Waals surface area (Å²) in [4.78, 5) is 12.5. The molecule has 4 nitrogen and oxygen atoms in total. The molecule has 0 aromatic rings. The van der Waals surface area contributed by atoms with E-state index in [0.717, 1.165) is 83.5 Å². The molecule has 0 aliphatic carbocycles. The highest BCUT2D eigenvalue weighted by Gasteiger charge is 2.18. The predicted molar refractivity (Wildman–Crippen MR) is 345 cm³/mol. The Morgan fingerprint density at radius 2 is 0.584 bits per heavy atom. The van der Waals surface area contributed by atoms with E-state index in [-0.39, 0.29) is 12.5 Å². The van der Waals surface area contributed by atoms with Crippen LogP contribution in [0.5, 0.6) is 0 Å². The van der Waals surface area contributed by atoms with Crippen LogP contribution in [0.4, 0.5) is 0 Å². The number of allylic oxidation sites excluding steroid dienone is 19. The van der Waals surface area contributed by atoms with Crippen LogP contribution in [-0.4, -0.2) is 34.9 Å². The molecule has 2 atom stereocenters. The average molecular weight is 1070 g/mol. The van der Waals surface area contributed by atoms with E-state index in [2.05, 4.69) is 129 Å². The van der Waals surface area contributed by atoms with Gasteiger partial charge in [0.25, 0.3) is 0 Å². The first kappa shape index (κ1) is 73.8. The monoisotopic (exact) mass is 1070 g/mol. The molecule has 77 heavy (non-hydrogen) atoms. The first-order valence-electron chi connectivity index (χ1n) is 33.2. The van der Waals surface area contributed by atoms with Crippen molar-refractivity contribution in [2.75, 3.05) is 6.61 Å². The van der Waals surface area contributed by atoms with Gasteiger partial charge in [-0.15, -0.1) is 0 Å². The van der Waals surface area contributed by atoms with E-state index in [9.17, 15) is 15.0 Å². The van der Waals surface area contributed by atoms with Crippen LogP contribution in [0.25, 0.3) is 0 Å². The fraction of sp³-hybridized carbons (Fsp3) is 0.712. The molecule has 3 N–H and O–H groups in total. The third-order valence-corrected chi connectivity index (χ3v) is 14.7. The van der Waals surface area contributed by atoms with Crippen LogP contribution in [0.2, 0.25) is 0 Å². The van der Waals surface area contributed by atoms with E-state index in [1.165, 1.54) is 212 Å². The fourth-order valence-electron chi connectivity index (χ4n) is 9.68. The van der Waals surface area contributed by atoms with Gasteiger partial charge in [-0.05, 0) is 96.3 Å². The van der Waals surface area contributed by atoms with Crippen LogP contribution in [0, 0.1) is 0 Å². The maximum Gasteiger partial charge on any atom is 0.220 e. The largest absolute Gasteiger partial charge is 0.394 e. The lowest BCUT2D eigenvalue weighted by Gasteiger charge is -2.19. The molecule has 0 aliphatic rings. The molecule has 0 aromatic heterocycles. The molecule has 4 heteroatoms. The standard InChI is InChI=1S/C73H127NO3/c1-3-5-7-9-11-13-15-17-19-21-23-25-27-29-30-31-32-33-34-35-36-37-38-39-40-41-42-43-44-45-47-49-51-53-55-57-59-61-63-65-67-69-73(77)74-71(70-75)72(76)68-66-64-62-60-58-56-54-52-50-48-46-28-26-24-22-20-18-16-14-12-10-8-6-4-2/h5,7,11,13,17,19,23,25,29-30,32-33,35-36,38-39,58,60,66,68,71-72,75-76H,3-4,6,8-10,12,14-16,18,20-22,24,26-28,31,34,37,40-57,59,61-65,67,69-70H2,1-2H3,(H,74,77)/b7-5-,13-11-,19-17-,25-23-,30-29-,33-32-,36-35-,39-38-,60-58+,68-66+. The highest BCUT2D eigenvalue weighted by molar-refractivity contribution is 5.76. The third-order valence-electron chi connectivity index (χ3n) is 14.7. The van der Waals surface area contributed by atoms with Gasteiger partial charge < -0.3 is 15.5 Å². The summed E-state index contributed by atoms with van der Waals surface area (Å²) < 4.78 is 0. The number of aliphatic hydroxyl groups is 2. The summed E-state index contributed by atoms with van der Waals surface area (Å²) in [5, 5.41) is 23.2. The van der Waals surface area contributed by atoms with Crippen LogP contribution >= 0.6 is 0 Å². The molecule has 442 valence electrons. The van der Waals surface area contributed by atoms with Gasteiger partial charge in [-0.1, -0.05) is 334 Å². The lowest BCUT2D eigenvalue weighted by Crippen LogP contribution is -2.45. The fourth-order valence-corrected chi connectivity index (χ4v) is 9.68. The molecule has 0 heterocycles. The molecule has 1 amide bonds. The number of rotatable bonds is 60. The number of aliphatic hydroxyl groups excluding tert-OH is 2. The molecule has 0 radical (unpaired) electrons. The normalized spacial score (nSPS) is 13.6. The van der Waals surface area contributed by atoms with E-state index >= 15 is 0 Å². The number of hydrogen-bond donors (Lipinski definition) is 3. The average Bonchev–Trinajstić information content (AvgIpc) is 3.43. The molecule has 0 aromatic carbocycles. The Morgan fingerprint density at radius 1 is 0.325 bits per heavy atom. The smallest absolute Gasteiger partial charge is 0.220 e.